The van der Waals surface area contributed by atoms with Gasteiger partial charge in [0.15, 0.2) is 5.82 Å². The van der Waals surface area contributed by atoms with Gasteiger partial charge < -0.3 is 14.4 Å². The second-order valence-electron chi connectivity index (χ2n) is 6.76. The summed E-state index contributed by atoms with van der Waals surface area (Å²) in [6.45, 7) is 4.32. The summed E-state index contributed by atoms with van der Waals surface area (Å²) in [6, 6.07) is 18.5. The van der Waals surface area contributed by atoms with Crippen molar-refractivity contribution in [3.63, 3.8) is 0 Å². The monoisotopic (exact) mass is 390 g/mol. The van der Waals surface area contributed by atoms with Crippen molar-refractivity contribution in [2.24, 2.45) is 0 Å². The Bertz CT molecular complexity index is 963. The lowest BCUT2D eigenvalue weighted by molar-refractivity contribution is 0.0985. The topological polar surface area (TPSA) is 76.6 Å². The number of nitrogens with zero attached hydrogens (tertiary/aromatic N) is 3. The molecule has 1 aliphatic heterocycles. The molecule has 1 atom stereocenters. The van der Waals surface area contributed by atoms with Crippen molar-refractivity contribution in [3.8, 4) is 17.1 Å². The van der Waals surface area contributed by atoms with Crippen molar-refractivity contribution >= 4 is 17.6 Å². The van der Waals surface area contributed by atoms with Gasteiger partial charge in [-0.15, -0.1) is 0 Å². The Balaban J connectivity index is 1.44. The van der Waals surface area contributed by atoms with Gasteiger partial charge >= 0.3 is 6.09 Å². The first-order valence-electron chi connectivity index (χ1n) is 9.51. The molecule has 29 heavy (non-hydrogen) atoms. The average Bonchev–Trinajstić information content (AvgIpc) is 2.75. The maximum Gasteiger partial charge on any atom is 0.417 e. The molecule has 1 aromatic heterocycles. The standard InChI is InChI=1S/C22H22N4O3/c1-16-15-28-14-13-26(16)20-11-12-23-21(25-20)17-7-9-18(10-8-17)24-22(27)29-19-5-3-2-4-6-19/h2-12,16H,13-15H2,1H3,(H,24,27)/t16-/m0/s1. The minimum Gasteiger partial charge on any atom is -0.410 e. The van der Waals surface area contributed by atoms with E-state index in [9.17, 15) is 4.79 Å². The van der Waals surface area contributed by atoms with E-state index < -0.39 is 6.09 Å². The first-order valence-corrected chi connectivity index (χ1v) is 9.51. The number of benzene rings is 2. The highest BCUT2D eigenvalue weighted by Gasteiger charge is 2.20. The Labute approximate surface area is 169 Å². The summed E-state index contributed by atoms with van der Waals surface area (Å²) < 4.78 is 10.7. The summed E-state index contributed by atoms with van der Waals surface area (Å²) >= 11 is 0. The molecule has 0 spiro atoms. The van der Waals surface area contributed by atoms with Crippen molar-refractivity contribution < 1.29 is 14.3 Å². The second-order valence-corrected chi connectivity index (χ2v) is 6.76. The summed E-state index contributed by atoms with van der Waals surface area (Å²) in [6.07, 6.45) is 1.23. The fourth-order valence-corrected chi connectivity index (χ4v) is 3.16. The van der Waals surface area contributed by atoms with Crippen molar-refractivity contribution in [2.45, 2.75) is 13.0 Å². The quantitative estimate of drug-likeness (QED) is 0.726. The summed E-state index contributed by atoms with van der Waals surface area (Å²) in [5.41, 5.74) is 1.50. The van der Waals surface area contributed by atoms with E-state index in [2.05, 4.69) is 22.1 Å². The Morgan fingerprint density at radius 1 is 1.14 bits per heavy atom. The number of amides is 1. The molecular formula is C22H22N4O3. The minimum absolute atomic E-state index is 0.272. The van der Waals surface area contributed by atoms with Gasteiger partial charge in [-0.2, -0.15) is 0 Å². The highest BCUT2D eigenvalue weighted by Crippen LogP contribution is 2.22. The number of nitrogens with one attached hydrogen (secondary N) is 1. The van der Waals surface area contributed by atoms with Crippen LogP contribution >= 0.6 is 0 Å². The van der Waals surface area contributed by atoms with Crippen LogP contribution in [0, 0.1) is 0 Å². The van der Waals surface area contributed by atoms with Gasteiger partial charge in [0.2, 0.25) is 0 Å². The third-order valence-corrected chi connectivity index (χ3v) is 4.65. The lowest BCUT2D eigenvalue weighted by atomic mass is 10.2. The van der Waals surface area contributed by atoms with Gasteiger partial charge in [-0.25, -0.2) is 14.8 Å². The van der Waals surface area contributed by atoms with E-state index in [1.54, 1.807) is 30.5 Å². The van der Waals surface area contributed by atoms with E-state index in [1.807, 2.05) is 36.4 Å². The van der Waals surface area contributed by atoms with Gasteiger partial charge in [0, 0.05) is 24.0 Å². The van der Waals surface area contributed by atoms with Crippen LogP contribution < -0.4 is 15.0 Å². The molecule has 7 heteroatoms. The first-order chi connectivity index (χ1) is 14.2. The number of anilines is 2. The normalized spacial score (nSPS) is 16.3. The van der Waals surface area contributed by atoms with Crippen LogP contribution in [0.3, 0.4) is 0 Å². The van der Waals surface area contributed by atoms with Crippen molar-refractivity contribution in [2.75, 3.05) is 30.0 Å². The predicted molar refractivity (Wildman–Crippen MR) is 111 cm³/mol. The number of rotatable bonds is 4. The van der Waals surface area contributed by atoms with Gasteiger partial charge in [-0.05, 0) is 49.4 Å². The van der Waals surface area contributed by atoms with Crippen LogP contribution in [0.5, 0.6) is 5.75 Å². The molecule has 0 radical (unpaired) electrons. The number of aromatic nitrogens is 2. The molecule has 1 fully saturated rings. The first kappa shape index (κ1) is 18.9. The van der Waals surface area contributed by atoms with Gasteiger partial charge in [0.05, 0.1) is 19.3 Å². The molecule has 2 aromatic carbocycles. The van der Waals surface area contributed by atoms with Gasteiger partial charge in [0.1, 0.15) is 11.6 Å². The van der Waals surface area contributed by atoms with Gasteiger partial charge in [-0.3, -0.25) is 5.32 Å². The van der Waals surface area contributed by atoms with E-state index in [1.165, 1.54) is 0 Å². The Morgan fingerprint density at radius 2 is 1.93 bits per heavy atom. The lowest BCUT2D eigenvalue weighted by Gasteiger charge is -2.34. The number of ether oxygens (including phenoxy) is 2. The van der Waals surface area contributed by atoms with Crippen LogP contribution in [0.25, 0.3) is 11.4 Å². The third-order valence-electron chi connectivity index (χ3n) is 4.65. The van der Waals surface area contributed by atoms with Crippen LogP contribution in [0.1, 0.15) is 6.92 Å². The molecule has 4 rings (SSSR count). The van der Waals surface area contributed by atoms with Crippen LogP contribution in [0.4, 0.5) is 16.3 Å². The number of carbonyl (C=O) groups excluding carboxylic acids is 1. The molecule has 0 unspecified atom stereocenters. The fraction of sp³-hybridized carbons (Fsp3) is 0.227. The zero-order valence-corrected chi connectivity index (χ0v) is 16.1. The Hall–Kier alpha value is -3.45. The molecule has 7 nitrogen and oxygen atoms in total. The SMILES string of the molecule is C[C@H]1COCCN1c1ccnc(-c2ccc(NC(=O)Oc3ccccc3)cc2)n1. The molecule has 2 heterocycles. The maximum absolute atomic E-state index is 12.0. The van der Waals surface area contributed by atoms with Crippen molar-refractivity contribution in [1.29, 1.82) is 0 Å². The molecule has 0 saturated carbocycles. The molecule has 1 amide bonds. The molecule has 0 aliphatic carbocycles. The highest BCUT2D eigenvalue weighted by atomic mass is 16.6. The number of morpholine rings is 1. The summed E-state index contributed by atoms with van der Waals surface area (Å²) in [7, 11) is 0. The zero-order chi connectivity index (χ0) is 20.1. The number of hydrogen-bond acceptors (Lipinski definition) is 6. The van der Waals surface area contributed by atoms with Crippen LogP contribution in [-0.4, -0.2) is 41.9 Å². The molecule has 148 valence electrons. The van der Waals surface area contributed by atoms with Crippen LogP contribution in [0.15, 0.2) is 66.9 Å². The summed E-state index contributed by atoms with van der Waals surface area (Å²) in [5.74, 6) is 2.02. The van der Waals surface area contributed by atoms with Crippen LogP contribution in [-0.2, 0) is 4.74 Å². The smallest absolute Gasteiger partial charge is 0.410 e. The second kappa shape index (κ2) is 8.70. The van der Waals surface area contributed by atoms with E-state index in [0.29, 0.717) is 30.5 Å². The average molecular weight is 390 g/mol. The fourth-order valence-electron chi connectivity index (χ4n) is 3.16. The molecular weight excluding hydrogens is 368 g/mol. The Morgan fingerprint density at radius 3 is 2.69 bits per heavy atom. The van der Waals surface area contributed by atoms with Crippen molar-refractivity contribution in [3.05, 3.63) is 66.9 Å². The minimum atomic E-state index is -0.538. The van der Waals surface area contributed by atoms with E-state index in [0.717, 1.165) is 17.9 Å². The largest absolute Gasteiger partial charge is 0.417 e. The molecule has 1 N–H and O–H groups in total. The van der Waals surface area contributed by atoms with E-state index in [-0.39, 0.29) is 6.04 Å². The van der Waals surface area contributed by atoms with Crippen molar-refractivity contribution in [1.82, 2.24) is 9.97 Å². The van der Waals surface area contributed by atoms with Crippen LogP contribution in [0.2, 0.25) is 0 Å². The summed E-state index contributed by atoms with van der Waals surface area (Å²) in [4.78, 5) is 23.3. The third kappa shape index (κ3) is 4.70. The zero-order valence-electron chi connectivity index (χ0n) is 16.1. The molecule has 0 bridgehead atoms. The van der Waals surface area contributed by atoms with Gasteiger partial charge in [0.25, 0.3) is 0 Å². The highest BCUT2D eigenvalue weighted by molar-refractivity contribution is 5.86. The predicted octanol–water partition coefficient (Wildman–Crippen LogP) is 3.98. The van der Waals surface area contributed by atoms with E-state index >= 15 is 0 Å². The number of carbonyl (C=O) groups is 1. The van der Waals surface area contributed by atoms with E-state index in [4.69, 9.17) is 14.5 Å². The maximum atomic E-state index is 12.0. The molecule has 1 aliphatic rings. The summed E-state index contributed by atoms with van der Waals surface area (Å²) in [5, 5.41) is 2.71. The Kier molecular flexibility index (Phi) is 5.67. The lowest BCUT2D eigenvalue weighted by Crippen LogP contribution is -2.44. The van der Waals surface area contributed by atoms with Gasteiger partial charge in [-0.1, -0.05) is 18.2 Å². The molecule has 3 aromatic rings. The number of hydrogen-bond donors (Lipinski definition) is 1. The molecule has 1 saturated heterocycles. The number of para-hydroxylation sites is 1.